The molecular weight excluding hydrogens is 568 g/mol. The van der Waals surface area contributed by atoms with E-state index in [1.165, 1.54) is 4.90 Å². The summed E-state index contributed by atoms with van der Waals surface area (Å²) in [6, 6.07) is 14.0. The average Bonchev–Trinajstić information content (AvgIpc) is 3.58. The Bertz CT molecular complexity index is 1370. The summed E-state index contributed by atoms with van der Waals surface area (Å²) in [5.74, 6) is -3.08. The van der Waals surface area contributed by atoms with E-state index in [9.17, 15) is 19.5 Å². The Balaban J connectivity index is 1.58. The van der Waals surface area contributed by atoms with Crippen LogP contribution < -0.4 is 4.90 Å². The Morgan fingerprint density at radius 3 is 2.51 bits per heavy atom. The van der Waals surface area contributed by atoms with Crippen molar-refractivity contribution in [2.24, 2.45) is 11.8 Å². The summed E-state index contributed by atoms with van der Waals surface area (Å²) >= 11 is 6.14. The number of unbranched alkanes of at least 4 members (excludes halogenated alkanes) is 2. The second-order valence-corrected chi connectivity index (χ2v) is 12.2. The van der Waals surface area contributed by atoms with Crippen molar-refractivity contribution < 1.29 is 29.0 Å². The van der Waals surface area contributed by atoms with Crippen molar-refractivity contribution in [3.8, 4) is 0 Å². The minimum absolute atomic E-state index is 0.169. The largest absolute Gasteiger partial charge is 0.465 e. The third kappa shape index (κ3) is 5.41. The number of allylic oxidation sites excluding steroid dienone is 1. The van der Waals surface area contributed by atoms with Crippen molar-refractivity contribution in [2.75, 3.05) is 24.7 Å². The maximum absolute atomic E-state index is 14.8. The van der Waals surface area contributed by atoms with Crippen molar-refractivity contribution in [2.45, 2.75) is 62.3 Å². The Morgan fingerprint density at radius 1 is 1.14 bits per heavy atom. The van der Waals surface area contributed by atoms with Gasteiger partial charge in [-0.1, -0.05) is 54.1 Å². The van der Waals surface area contributed by atoms with Crippen LogP contribution in [0.15, 0.2) is 79.9 Å². The van der Waals surface area contributed by atoms with Gasteiger partial charge in [0, 0.05) is 17.3 Å². The molecule has 43 heavy (non-hydrogen) atoms. The van der Waals surface area contributed by atoms with Crippen LogP contribution in [0.4, 0.5) is 5.69 Å². The number of aliphatic hydroxyl groups excluding tert-OH is 1. The van der Waals surface area contributed by atoms with E-state index < -0.39 is 53.6 Å². The second kappa shape index (κ2) is 12.6. The lowest BCUT2D eigenvalue weighted by molar-refractivity contribution is -0.160. The van der Waals surface area contributed by atoms with Crippen LogP contribution in [0.1, 0.15) is 50.6 Å². The third-order valence-electron chi connectivity index (χ3n) is 9.16. The Hall–Kier alpha value is -3.46. The van der Waals surface area contributed by atoms with Gasteiger partial charge in [-0.2, -0.15) is 0 Å². The van der Waals surface area contributed by atoms with Crippen LogP contribution in [-0.4, -0.2) is 64.8 Å². The predicted octanol–water partition coefficient (Wildman–Crippen LogP) is 5.26. The summed E-state index contributed by atoms with van der Waals surface area (Å²) in [4.78, 5) is 46.1. The number of likely N-dealkylation sites (tertiary alicyclic amines) is 1. The number of hydrogen-bond donors (Lipinski definition) is 1. The van der Waals surface area contributed by atoms with Gasteiger partial charge in [-0.25, -0.2) is 0 Å². The molecule has 6 atom stereocenters. The van der Waals surface area contributed by atoms with Crippen LogP contribution in [0.25, 0.3) is 0 Å². The van der Waals surface area contributed by atoms with E-state index in [0.717, 1.165) is 12.8 Å². The summed E-state index contributed by atoms with van der Waals surface area (Å²) in [6.45, 7) is 9.40. The number of benzene rings is 2. The zero-order valence-electron chi connectivity index (χ0n) is 24.5. The van der Waals surface area contributed by atoms with Gasteiger partial charge in [0.1, 0.15) is 17.6 Å². The van der Waals surface area contributed by atoms with E-state index in [-0.39, 0.29) is 19.1 Å². The van der Waals surface area contributed by atoms with Gasteiger partial charge in [0.25, 0.3) is 5.91 Å². The molecule has 0 radical (unpaired) electrons. The minimum atomic E-state index is -1.27. The van der Waals surface area contributed by atoms with Gasteiger partial charge in [-0.3, -0.25) is 14.4 Å². The van der Waals surface area contributed by atoms with E-state index in [1.807, 2.05) is 43.3 Å². The highest BCUT2D eigenvalue weighted by molar-refractivity contribution is 6.30. The first-order valence-corrected chi connectivity index (χ1v) is 15.2. The number of amides is 2. The fourth-order valence-electron chi connectivity index (χ4n) is 7.24. The summed E-state index contributed by atoms with van der Waals surface area (Å²) in [7, 11) is 0. The second-order valence-electron chi connectivity index (χ2n) is 11.7. The maximum Gasteiger partial charge on any atom is 0.312 e. The highest BCUT2D eigenvalue weighted by atomic mass is 35.5. The number of aliphatic hydroxyl groups is 1. The molecule has 2 aromatic rings. The zero-order valence-corrected chi connectivity index (χ0v) is 25.2. The SMILES string of the molecule is C=CCCCCOC(=O)[C@@H]1[C@H]2C(=O)N([C@H](CO)c3ccccc3)C(C(=O)N(CC=C)c3ccc(Cl)cc3)C23CC[C@@]1(C)O3. The van der Waals surface area contributed by atoms with E-state index in [4.69, 9.17) is 21.1 Å². The summed E-state index contributed by atoms with van der Waals surface area (Å²) < 4.78 is 12.5. The first-order valence-electron chi connectivity index (χ1n) is 14.9. The van der Waals surface area contributed by atoms with E-state index >= 15 is 0 Å². The molecule has 0 saturated carbocycles. The highest BCUT2D eigenvalue weighted by Crippen LogP contribution is 2.64. The molecule has 3 saturated heterocycles. The highest BCUT2D eigenvalue weighted by Gasteiger charge is 2.79. The number of hydrogen-bond acceptors (Lipinski definition) is 6. The Kier molecular flexibility index (Phi) is 9.11. The molecule has 9 heteroatoms. The molecular formula is C34H39ClN2O6. The monoisotopic (exact) mass is 606 g/mol. The van der Waals surface area contributed by atoms with Gasteiger partial charge in [-0.05, 0) is 68.9 Å². The zero-order chi connectivity index (χ0) is 30.8. The molecule has 2 aromatic carbocycles. The lowest BCUT2D eigenvalue weighted by Gasteiger charge is -2.39. The van der Waals surface area contributed by atoms with Gasteiger partial charge in [0.2, 0.25) is 5.91 Å². The smallest absolute Gasteiger partial charge is 0.312 e. The van der Waals surface area contributed by atoms with Crippen LogP contribution in [0.2, 0.25) is 5.02 Å². The third-order valence-corrected chi connectivity index (χ3v) is 9.41. The van der Waals surface area contributed by atoms with E-state index in [2.05, 4.69) is 13.2 Å². The van der Waals surface area contributed by atoms with E-state index in [1.54, 1.807) is 35.2 Å². The molecule has 0 aliphatic carbocycles. The number of halogens is 1. The van der Waals surface area contributed by atoms with Gasteiger partial charge in [0.15, 0.2) is 0 Å². The number of anilines is 1. The molecule has 3 fully saturated rings. The lowest BCUT2D eigenvalue weighted by Crippen LogP contribution is -2.57. The topological polar surface area (TPSA) is 96.4 Å². The first-order chi connectivity index (χ1) is 20.7. The fraction of sp³-hybridized carbons (Fsp3) is 0.441. The van der Waals surface area contributed by atoms with Crippen molar-refractivity contribution in [3.63, 3.8) is 0 Å². The Labute approximate surface area is 257 Å². The standard InChI is InChI=1S/C34H39ClN2O6/c1-4-6-7-11-21-42-32(41)28-27-30(39)37(26(22-38)23-12-9-8-10-13-23)29(34(27)19-18-33(28,3)43-34)31(40)36(20-5-2)25-16-14-24(35)15-17-25/h4-5,8-10,12-17,26-29,38H,1-2,6-7,11,18-22H2,3H3/t26-,27+,28+,29?,33-,34?/m1/s1. The van der Waals surface area contributed by atoms with Crippen LogP contribution in [0, 0.1) is 11.8 Å². The number of carbonyl (C=O) groups is 3. The molecule has 2 bridgehead atoms. The van der Waals surface area contributed by atoms with Crippen molar-refractivity contribution >= 4 is 35.1 Å². The average molecular weight is 607 g/mol. The van der Waals surface area contributed by atoms with Gasteiger partial charge < -0.3 is 24.4 Å². The van der Waals surface area contributed by atoms with Crippen LogP contribution >= 0.6 is 11.6 Å². The predicted molar refractivity (Wildman–Crippen MR) is 164 cm³/mol. The number of esters is 1. The summed E-state index contributed by atoms with van der Waals surface area (Å²) in [5, 5.41) is 11.2. The Morgan fingerprint density at radius 2 is 1.86 bits per heavy atom. The first kappa shape index (κ1) is 31.0. The van der Waals surface area contributed by atoms with Crippen molar-refractivity contribution in [1.29, 1.82) is 0 Å². The fourth-order valence-corrected chi connectivity index (χ4v) is 7.37. The molecule has 2 unspecified atom stereocenters. The minimum Gasteiger partial charge on any atom is -0.465 e. The quantitative estimate of drug-likeness (QED) is 0.190. The lowest BCUT2D eigenvalue weighted by atomic mass is 9.66. The molecule has 3 heterocycles. The van der Waals surface area contributed by atoms with Crippen LogP contribution in [0.5, 0.6) is 0 Å². The number of ether oxygens (including phenoxy) is 2. The van der Waals surface area contributed by atoms with Gasteiger partial charge in [0.05, 0.1) is 30.8 Å². The van der Waals surface area contributed by atoms with Crippen LogP contribution in [-0.2, 0) is 23.9 Å². The molecule has 1 spiro atoms. The number of carbonyl (C=O) groups excluding carboxylic acids is 3. The van der Waals surface area contributed by atoms with Crippen molar-refractivity contribution in [3.05, 3.63) is 90.5 Å². The number of fused-ring (bicyclic) bond motifs is 1. The van der Waals surface area contributed by atoms with Crippen LogP contribution in [0.3, 0.4) is 0 Å². The number of rotatable bonds is 13. The van der Waals surface area contributed by atoms with Gasteiger partial charge >= 0.3 is 5.97 Å². The molecule has 228 valence electrons. The van der Waals surface area contributed by atoms with Gasteiger partial charge in [-0.15, -0.1) is 13.2 Å². The normalized spacial score (nSPS) is 27.9. The summed E-state index contributed by atoms with van der Waals surface area (Å²) in [5.41, 5.74) is -0.982. The number of nitrogens with zero attached hydrogens (tertiary/aromatic N) is 2. The molecule has 5 rings (SSSR count). The van der Waals surface area contributed by atoms with E-state index in [0.29, 0.717) is 35.5 Å². The molecule has 3 aliphatic heterocycles. The molecule has 2 amide bonds. The summed E-state index contributed by atoms with van der Waals surface area (Å²) in [6.07, 6.45) is 6.67. The molecule has 3 aliphatic rings. The maximum atomic E-state index is 14.8. The molecule has 0 aromatic heterocycles. The molecule has 8 nitrogen and oxygen atoms in total. The van der Waals surface area contributed by atoms with Crippen molar-refractivity contribution in [1.82, 2.24) is 4.90 Å². The molecule has 1 N–H and O–H groups in total.